The summed E-state index contributed by atoms with van der Waals surface area (Å²) in [7, 11) is 0. The molecule has 0 aromatic heterocycles. The van der Waals surface area contributed by atoms with Gasteiger partial charge in [-0.25, -0.2) is 0 Å². The Hall–Kier alpha value is -1.56. The number of esters is 1. The third kappa shape index (κ3) is 2.33. The maximum absolute atomic E-state index is 11.8. The fourth-order valence-electron chi connectivity index (χ4n) is 6.86. The van der Waals surface area contributed by atoms with Crippen molar-refractivity contribution in [2.24, 2.45) is 29.1 Å². The van der Waals surface area contributed by atoms with E-state index in [0.717, 1.165) is 44.9 Å². The summed E-state index contributed by atoms with van der Waals surface area (Å²) in [5, 5.41) is 0. The van der Waals surface area contributed by atoms with E-state index in [9.17, 15) is 9.59 Å². The number of allylic oxidation sites excluding steroid dienone is 1. The summed E-state index contributed by atoms with van der Waals surface area (Å²) >= 11 is 0. The maximum Gasteiger partial charge on any atom is 0.304 e. The average Bonchev–Trinajstić information content (AvgIpc) is 2.87. The third-order valence-electron chi connectivity index (χ3n) is 7.97. The van der Waals surface area contributed by atoms with Crippen molar-refractivity contribution < 1.29 is 14.3 Å². The quantitative estimate of drug-likeness (QED) is 0.534. The van der Waals surface area contributed by atoms with Gasteiger partial charge < -0.3 is 4.74 Å². The minimum atomic E-state index is -0.729. The fraction of sp³-hybridized carbons (Fsp3) is 0.727. The molecule has 0 bridgehead atoms. The summed E-state index contributed by atoms with van der Waals surface area (Å²) in [5.41, 5.74) is 0.565. The van der Waals surface area contributed by atoms with Crippen LogP contribution in [0.4, 0.5) is 0 Å². The SMILES string of the molecule is C#C[C@]1(OC(C)=O)CC[C@@H]2[C@H]3CCC4=CC(=O)CC[C@H]4[C@@H]3CC[C@]21C. The number of ketones is 1. The molecular weight excluding hydrogens is 312 g/mol. The smallest absolute Gasteiger partial charge is 0.304 e. The Labute approximate surface area is 150 Å². The lowest BCUT2D eigenvalue weighted by Gasteiger charge is -2.55. The van der Waals surface area contributed by atoms with Gasteiger partial charge in [0.1, 0.15) is 0 Å². The van der Waals surface area contributed by atoms with Gasteiger partial charge in [-0.3, -0.25) is 9.59 Å². The Bertz CT molecular complexity index is 684. The largest absolute Gasteiger partial charge is 0.445 e. The van der Waals surface area contributed by atoms with Crippen LogP contribution in [0.2, 0.25) is 0 Å². The second kappa shape index (κ2) is 5.73. The molecule has 0 aromatic rings. The second-order valence-corrected chi connectivity index (χ2v) is 8.86. The van der Waals surface area contributed by atoms with Crippen LogP contribution in [-0.4, -0.2) is 17.4 Å². The van der Waals surface area contributed by atoms with Gasteiger partial charge in [-0.05, 0) is 74.7 Å². The van der Waals surface area contributed by atoms with E-state index in [-0.39, 0.29) is 11.4 Å². The van der Waals surface area contributed by atoms with Crippen molar-refractivity contribution in [3.63, 3.8) is 0 Å². The monoisotopic (exact) mass is 340 g/mol. The lowest BCUT2D eigenvalue weighted by atomic mass is 9.50. The molecule has 4 rings (SSSR count). The van der Waals surface area contributed by atoms with Gasteiger partial charge in [0, 0.05) is 18.8 Å². The zero-order valence-electron chi connectivity index (χ0n) is 15.3. The zero-order chi connectivity index (χ0) is 17.8. The van der Waals surface area contributed by atoms with Crippen molar-refractivity contribution in [3.8, 4) is 12.3 Å². The first-order valence-electron chi connectivity index (χ1n) is 9.81. The van der Waals surface area contributed by atoms with Gasteiger partial charge in [-0.15, -0.1) is 6.42 Å². The normalized spacial score (nSPS) is 45.5. The number of rotatable bonds is 1. The number of fused-ring (bicyclic) bond motifs is 5. The highest BCUT2D eigenvalue weighted by Gasteiger charge is 2.64. The Morgan fingerprint density at radius 2 is 2.00 bits per heavy atom. The molecule has 3 heteroatoms. The molecule has 0 amide bonds. The van der Waals surface area contributed by atoms with E-state index in [1.54, 1.807) is 0 Å². The number of hydrogen-bond donors (Lipinski definition) is 0. The predicted octanol–water partition coefficient (Wildman–Crippen LogP) is 4.06. The van der Waals surface area contributed by atoms with Crippen molar-refractivity contribution >= 4 is 11.8 Å². The van der Waals surface area contributed by atoms with Gasteiger partial charge >= 0.3 is 5.97 Å². The summed E-state index contributed by atoms with van der Waals surface area (Å²) in [4.78, 5) is 23.5. The van der Waals surface area contributed by atoms with Crippen molar-refractivity contribution in [3.05, 3.63) is 11.6 Å². The minimum absolute atomic E-state index is 0.111. The molecule has 0 N–H and O–H groups in total. The van der Waals surface area contributed by atoms with Crippen LogP contribution in [0, 0.1) is 41.4 Å². The molecule has 0 heterocycles. The Morgan fingerprint density at radius 3 is 2.72 bits per heavy atom. The number of carbonyl (C=O) groups excluding carboxylic acids is 2. The fourth-order valence-corrected chi connectivity index (χ4v) is 6.86. The molecule has 134 valence electrons. The molecule has 0 aliphatic heterocycles. The lowest BCUT2D eigenvalue weighted by Crippen LogP contribution is -2.53. The highest BCUT2D eigenvalue weighted by Crippen LogP contribution is 2.65. The Kier molecular flexibility index (Phi) is 3.87. The van der Waals surface area contributed by atoms with E-state index in [1.807, 2.05) is 6.08 Å². The highest BCUT2D eigenvalue weighted by atomic mass is 16.6. The summed E-state index contributed by atoms with van der Waals surface area (Å²) in [6.07, 6.45) is 15.8. The van der Waals surface area contributed by atoms with Crippen molar-refractivity contribution in [2.45, 2.75) is 70.8 Å². The van der Waals surface area contributed by atoms with Gasteiger partial charge in [0.15, 0.2) is 11.4 Å². The molecule has 3 fully saturated rings. The molecule has 0 radical (unpaired) electrons. The van der Waals surface area contributed by atoms with Crippen molar-refractivity contribution in [1.29, 1.82) is 0 Å². The highest BCUT2D eigenvalue weighted by molar-refractivity contribution is 5.91. The minimum Gasteiger partial charge on any atom is -0.445 e. The van der Waals surface area contributed by atoms with Gasteiger partial charge in [-0.1, -0.05) is 18.4 Å². The first-order chi connectivity index (χ1) is 11.9. The van der Waals surface area contributed by atoms with E-state index in [4.69, 9.17) is 11.2 Å². The van der Waals surface area contributed by atoms with Crippen LogP contribution in [0.5, 0.6) is 0 Å². The number of ether oxygens (including phenoxy) is 1. The number of carbonyl (C=O) groups is 2. The molecule has 0 spiro atoms. The zero-order valence-corrected chi connectivity index (χ0v) is 15.3. The van der Waals surface area contributed by atoms with E-state index in [1.165, 1.54) is 12.5 Å². The maximum atomic E-state index is 11.8. The average molecular weight is 340 g/mol. The van der Waals surface area contributed by atoms with Gasteiger partial charge in [0.25, 0.3) is 0 Å². The summed E-state index contributed by atoms with van der Waals surface area (Å²) in [6.45, 7) is 3.73. The topological polar surface area (TPSA) is 43.4 Å². The molecule has 3 nitrogen and oxygen atoms in total. The molecular formula is C22H28O3. The second-order valence-electron chi connectivity index (χ2n) is 8.86. The summed E-state index contributed by atoms with van der Waals surface area (Å²) < 4.78 is 5.79. The van der Waals surface area contributed by atoms with Gasteiger partial charge in [0.2, 0.25) is 0 Å². The van der Waals surface area contributed by atoms with Gasteiger partial charge in [0.05, 0.1) is 0 Å². The van der Waals surface area contributed by atoms with Crippen molar-refractivity contribution in [2.75, 3.05) is 0 Å². The van der Waals surface area contributed by atoms with E-state index in [2.05, 4.69) is 12.8 Å². The number of hydrogen-bond acceptors (Lipinski definition) is 3. The molecule has 0 aromatic carbocycles. The van der Waals surface area contributed by atoms with E-state index < -0.39 is 5.60 Å². The molecule has 0 unspecified atom stereocenters. The van der Waals surface area contributed by atoms with Crippen LogP contribution in [0.3, 0.4) is 0 Å². The predicted molar refractivity (Wildman–Crippen MR) is 95.4 cm³/mol. The number of terminal acetylenes is 1. The van der Waals surface area contributed by atoms with Crippen LogP contribution in [0.15, 0.2) is 11.6 Å². The van der Waals surface area contributed by atoms with Crippen LogP contribution in [-0.2, 0) is 14.3 Å². The molecule has 3 saturated carbocycles. The van der Waals surface area contributed by atoms with E-state index >= 15 is 0 Å². The summed E-state index contributed by atoms with van der Waals surface area (Å²) in [5.74, 6) is 5.41. The Morgan fingerprint density at radius 1 is 1.20 bits per heavy atom. The molecule has 4 aliphatic carbocycles. The Balaban J connectivity index is 1.64. The summed E-state index contributed by atoms with van der Waals surface area (Å²) in [6, 6.07) is 0. The van der Waals surface area contributed by atoms with Gasteiger partial charge in [-0.2, -0.15) is 0 Å². The van der Waals surface area contributed by atoms with Crippen LogP contribution in [0.25, 0.3) is 0 Å². The van der Waals surface area contributed by atoms with Crippen LogP contribution in [0.1, 0.15) is 65.2 Å². The lowest BCUT2D eigenvalue weighted by molar-refractivity contribution is -0.167. The van der Waals surface area contributed by atoms with Crippen LogP contribution < -0.4 is 0 Å². The molecule has 0 saturated heterocycles. The molecule has 6 atom stereocenters. The first kappa shape index (κ1) is 16.9. The third-order valence-corrected chi connectivity index (χ3v) is 7.97. The van der Waals surface area contributed by atoms with Crippen LogP contribution >= 0.6 is 0 Å². The molecule has 25 heavy (non-hydrogen) atoms. The van der Waals surface area contributed by atoms with E-state index in [0.29, 0.717) is 35.9 Å². The standard InChI is InChI=1S/C22H28O3/c1-4-22(25-14(2)23)12-10-20-19-7-5-15-13-16(24)6-8-17(15)18(19)9-11-21(20,22)3/h1,13,17-20H,5-12H2,2-3H3/t17-,18+,19+,20-,21-,22+/m1/s1. The first-order valence-corrected chi connectivity index (χ1v) is 9.81. The van der Waals surface area contributed by atoms with Crippen molar-refractivity contribution in [1.82, 2.24) is 0 Å². The molecule has 4 aliphatic rings.